The van der Waals surface area contributed by atoms with Gasteiger partial charge in [0.1, 0.15) is 0 Å². The van der Waals surface area contributed by atoms with Gasteiger partial charge >= 0.3 is 6.18 Å². The largest absolute Gasteiger partial charge is 0.416 e. The summed E-state index contributed by atoms with van der Waals surface area (Å²) in [5, 5.41) is 13.9. The lowest BCUT2D eigenvalue weighted by Gasteiger charge is -2.15. The summed E-state index contributed by atoms with van der Waals surface area (Å²) in [7, 11) is 0. The maximum Gasteiger partial charge on any atom is 0.416 e. The van der Waals surface area contributed by atoms with Crippen LogP contribution in [0.1, 0.15) is 40.3 Å². The van der Waals surface area contributed by atoms with Gasteiger partial charge in [-0.05, 0) is 44.2 Å². The number of alkyl halides is 3. The van der Waals surface area contributed by atoms with Gasteiger partial charge in [0.2, 0.25) is 5.91 Å². The van der Waals surface area contributed by atoms with Crippen molar-refractivity contribution in [1.29, 1.82) is 0 Å². The van der Waals surface area contributed by atoms with Gasteiger partial charge in [0.25, 0.3) is 5.91 Å². The van der Waals surface area contributed by atoms with E-state index in [1.807, 2.05) is 19.1 Å². The van der Waals surface area contributed by atoms with Gasteiger partial charge < -0.3 is 15.2 Å². The van der Waals surface area contributed by atoms with Crippen LogP contribution in [0.15, 0.2) is 60.3 Å². The molecule has 2 aromatic carbocycles. The molecule has 0 unspecified atom stereocenters. The fourth-order valence-corrected chi connectivity index (χ4v) is 4.11. The molecule has 1 heterocycles. The number of nitrogens with zero attached hydrogens (tertiary/aromatic N) is 3. The summed E-state index contributed by atoms with van der Waals surface area (Å²) in [5.74, 6) is -0.551. The van der Waals surface area contributed by atoms with Gasteiger partial charge in [-0.1, -0.05) is 47.1 Å². The standard InChI is InChI=1S/C24H23ClF3N5O2S/c1-4-11-33-21(15(3)29-22(35)16-7-5-14(2)6-8-16)31-32-23(33)36-13-20(34)30-19-12-17(24(26,27)28)9-10-18(19)25/h4-10,12,15H,1,11,13H2,2-3H3,(H,29,35)(H,30,34)/t15-/m1/s1. The average molecular weight is 538 g/mol. The van der Waals surface area contributed by atoms with Gasteiger partial charge in [0.05, 0.1) is 28.1 Å². The average Bonchev–Trinajstić information content (AvgIpc) is 3.21. The van der Waals surface area contributed by atoms with Crippen LogP contribution in [0.5, 0.6) is 0 Å². The molecular formula is C24H23ClF3N5O2S. The van der Waals surface area contributed by atoms with Crippen LogP contribution in [0, 0.1) is 6.92 Å². The number of aryl methyl sites for hydroxylation is 1. The number of rotatable bonds is 9. The van der Waals surface area contributed by atoms with E-state index >= 15 is 0 Å². The van der Waals surface area contributed by atoms with Crippen LogP contribution in [-0.2, 0) is 17.5 Å². The number of hydrogen-bond donors (Lipinski definition) is 2. The van der Waals surface area contributed by atoms with E-state index in [0.29, 0.717) is 23.1 Å². The number of nitrogens with one attached hydrogen (secondary N) is 2. The van der Waals surface area contributed by atoms with E-state index < -0.39 is 23.7 Å². The molecule has 1 aromatic heterocycles. The van der Waals surface area contributed by atoms with Crippen molar-refractivity contribution < 1.29 is 22.8 Å². The number of carbonyl (C=O) groups is 2. The normalized spacial score (nSPS) is 12.2. The first-order valence-electron chi connectivity index (χ1n) is 10.7. The molecule has 2 N–H and O–H groups in total. The monoisotopic (exact) mass is 537 g/mol. The topological polar surface area (TPSA) is 88.9 Å². The minimum absolute atomic E-state index is 0.0170. The van der Waals surface area contributed by atoms with Crippen molar-refractivity contribution in [2.45, 2.75) is 37.8 Å². The van der Waals surface area contributed by atoms with Gasteiger partial charge in [-0.25, -0.2) is 0 Å². The Morgan fingerprint density at radius 1 is 1.19 bits per heavy atom. The van der Waals surface area contributed by atoms with E-state index in [1.54, 1.807) is 29.7 Å². The fraction of sp³-hybridized carbons (Fsp3) is 0.250. The lowest BCUT2D eigenvalue weighted by molar-refractivity contribution is -0.137. The molecule has 1 atom stereocenters. The Balaban J connectivity index is 1.68. The number of benzene rings is 2. The molecule has 0 aliphatic rings. The van der Waals surface area contributed by atoms with Gasteiger partial charge in [-0.2, -0.15) is 13.2 Å². The van der Waals surface area contributed by atoms with E-state index in [0.717, 1.165) is 35.5 Å². The third-order valence-corrected chi connectivity index (χ3v) is 6.30. The zero-order valence-electron chi connectivity index (χ0n) is 19.4. The van der Waals surface area contributed by atoms with Gasteiger partial charge in [0, 0.05) is 12.1 Å². The minimum Gasteiger partial charge on any atom is -0.342 e. The van der Waals surface area contributed by atoms with Crippen molar-refractivity contribution in [3.8, 4) is 0 Å². The zero-order valence-corrected chi connectivity index (χ0v) is 21.0. The second-order valence-electron chi connectivity index (χ2n) is 7.83. The number of allylic oxidation sites excluding steroid dienone is 1. The van der Waals surface area contributed by atoms with Gasteiger partial charge in [0.15, 0.2) is 11.0 Å². The number of amides is 2. The summed E-state index contributed by atoms with van der Waals surface area (Å²) in [5.41, 5.74) is 0.470. The Hall–Kier alpha value is -3.31. The van der Waals surface area contributed by atoms with E-state index in [1.165, 1.54) is 0 Å². The second-order valence-corrected chi connectivity index (χ2v) is 9.18. The molecule has 0 radical (unpaired) electrons. The number of hydrogen-bond acceptors (Lipinski definition) is 5. The summed E-state index contributed by atoms with van der Waals surface area (Å²) in [4.78, 5) is 25.0. The molecular weight excluding hydrogens is 515 g/mol. The predicted octanol–water partition coefficient (Wildman–Crippen LogP) is 5.67. The van der Waals surface area contributed by atoms with Crippen molar-refractivity contribution in [3.05, 3.63) is 82.7 Å². The predicted molar refractivity (Wildman–Crippen MR) is 133 cm³/mol. The lowest BCUT2D eigenvalue weighted by atomic mass is 10.1. The van der Waals surface area contributed by atoms with Crippen molar-refractivity contribution in [2.24, 2.45) is 0 Å². The fourth-order valence-electron chi connectivity index (χ4n) is 3.19. The molecule has 0 spiro atoms. The van der Waals surface area contributed by atoms with Crippen LogP contribution in [0.4, 0.5) is 18.9 Å². The molecule has 190 valence electrons. The molecule has 0 saturated heterocycles. The number of carbonyl (C=O) groups excluding carboxylic acids is 2. The minimum atomic E-state index is -4.57. The van der Waals surface area contributed by atoms with E-state index in [2.05, 4.69) is 27.4 Å². The van der Waals surface area contributed by atoms with Crippen molar-refractivity contribution >= 4 is 40.9 Å². The van der Waals surface area contributed by atoms with Gasteiger partial charge in [-0.15, -0.1) is 16.8 Å². The van der Waals surface area contributed by atoms with Gasteiger partial charge in [-0.3, -0.25) is 9.59 Å². The third kappa shape index (κ3) is 6.88. The molecule has 7 nitrogen and oxygen atoms in total. The maximum absolute atomic E-state index is 13.0. The Morgan fingerprint density at radius 2 is 1.89 bits per heavy atom. The zero-order chi connectivity index (χ0) is 26.5. The first-order chi connectivity index (χ1) is 17.0. The molecule has 3 rings (SSSR count). The highest BCUT2D eigenvalue weighted by molar-refractivity contribution is 7.99. The number of aromatic nitrogens is 3. The van der Waals surface area contributed by atoms with Crippen LogP contribution >= 0.6 is 23.4 Å². The van der Waals surface area contributed by atoms with Crippen molar-refractivity contribution in [1.82, 2.24) is 20.1 Å². The first-order valence-corrected chi connectivity index (χ1v) is 12.1. The molecule has 0 saturated carbocycles. The Labute approximate surface area is 215 Å². The SMILES string of the molecule is C=CCn1c(SCC(=O)Nc2cc(C(F)(F)F)ccc2Cl)nnc1[C@@H](C)NC(=O)c1ccc(C)cc1. The Kier molecular flexibility index (Phi) is 8.80. The molecule has 0 fully saturated rings. The van der Waals surface area contributed by atoms with E-state index in [-0.39, 0.29) is 22.4 Å². The Morgan fingerprint density at radius 3 is 2.53 bits per heavy atom. The molecule has 0 aliphatic heterocycles. The smallest absolute Gasteiger partial charge is 0.342 e. The maximum atomic E-state index is 13.0. The number of anilines is 1. The quantitative estimate of drug-likeness (QED) is 0.271. The van der Waals surface area contributed by atoms with Crippen molar-refractivity contribution in [3.63, 3.8) is 0 Å². The van der Waals surface area contributed by atoms with Crippen LogP contribution in [0.25, 0.3) is 0 Å². The molecule has 3 aromatic rings. The summed E-state index contributed by atoms with van der Waals surface area (Å²) in [6.07, 6.45) is -2.95. The molecule has 2 amide bonds. The summed E-state index contributed by atoms with van der Waals surface area (Å²) in [6, 6.07) is 9.32. The molecule has 0 bridgehead atoms. The van der Waals surface area contributed by atoms with Crippen LogP contribution < -0.4 is 10.6 Å². The highest BCUT2D eigenvalue weighted by Crippen LogP contribution is 2.34. The molecule has 0 aliphatic carbocycles. The highest BCUT2D eigenvalue weighted by atomic mass is 35.5. The summed E-state index contributed by atoms with van der Waals surface area (Å²) < 4.78 is 40.6. The van der Waals surface area contributed by atoms with Crippen LogP contribution in [0.2, 0.25) is 5.02 Å². The number of halogens is 4. The third-order valence-electron chi connectivity index (χ3n) is 5.01. The highest BCUT2D eigenvalue weighted by Gasteiger charge is 2.31. The van der Waals surface area contributed by atoms with Crippen LogP contribution in [-0.4, -0.2) is 32.3 Å². The molecule has 12 heteroatoms. The van der Waals surface area contributed by atoms with E-state index in [4.69, 9.17) is 11.6 Å². The Bertz CT molecular complexity index is 1260. The summed E-state index contributed by atoms with van der Waals surface area (Å²) in [6.45, 7) is 7.72. The van der Waals surface area contributed by atoms with Crippen LogP contribution in [0.3, 0.4) is 0 Å². The molecule has 36 heavy (non-hydrogen) atoms. The number of thioether (sulfide) groups is 1. The van der Waals surface area contributed by atoms with Crippen molar-refractivity contribution in [2.75, 3.05) is 11.1 Å². The van der Waals surface area contributed by atoms with E-state index in [9.17, 15) is 22.8 Å². The second kappa shape index (κ2) is 11.6. The first kappa shape index (κ1) is 27.3. The summed E-state index contributed by atoms with van der Waals surface area (Å²) >= 11 is 6.98. The lowest BCUT2D eigenvalue weighted by Crippen LogP contribution is -2.28.